The standard InChI is InChI=1S/C15H20N2OS/c1-9(2)13-6-14(16)10(3)5-15(13)18-7-12-8-19-11(4)17-12/h5-6,8-9H,7,16H2,1-4H3. The molecule has 0 unspecified atom stereocenters. The van der Waals surface area contributed by atoms with Gasteiger partial charge in [-0.25, -0.2) is 4.98 Å². The highest BCUT2D eigenvalue weighted by Gasteiger charge is 2.11. The molecular formula is C15H20N2OS. The van der Waals surface area contributed by atoms with E-state index in [0.29, 0.717) is 12.5 Å². The summed E-state index contributed by atoms with van der Waals surface area (Å²) >= 11 is 1.64. The minimum atomic E-state index is 0.384. The van der Waals surface area contributed by atoms with Crippen molar-refractivity contribution < 1.29 is 4.74 Å². The van der Waals surface area contributed by atoms with Crippen LogP contribution in [0.3, 0.4) is 0 Å². The molecule has 2 aromatic rings. The van der Waals surface area contributed by atoms with Crippen molar-refractivity contribution in [3.8, 4) is 5.75 Å². The average molecular weight is 276 g/mol. The van der Waals surface area contributed by atoms with E-state index in [2.05, 4.69) is 18.8 Å². The highest BCUT2D eigenvalue weighted by atomic mass is 32.1. The summed E-state index contributed by atoms with van der Waals surface area (Å²) in [5.74, 6) is 1.29. The van der Waals surface area contributed by atoms with Crippen LogP contribution in [0, 0.1) is 13.8 Å². The van der Waals surface area contributed by atoms with Gasteiger partial charge in [0.25, 0.3) is 0 Å². The van der Waals surface area contributed by atoms with Crippen LogP contribution < -0.4 is 10.5 Å². The second-order valence-electron chi connectivity index (χ2n) is 5.05. The van der Waals surface area contributed by atoms with Crippen LogP contribution in [0.4, 0.5) is 5.69 Å². The molecule has 0 aliphatic rings. The first-order chi connectivity index (χ1) is 8.97. The number of benzene rings is 1. The minimum Gasteiger partial charge on any atom is -0.487 e. The minimum absolute atomic E-state index is 0.384. The molecule has 4 heteroatoms. The summed E-state index contributed by atoms with van der Waals surface area (Å²) in [5, 5.41) is 3.10. The molecule has 0 radical (unpaired) electrons. The van der Waals surface area contributed by atoms with Gasteiger partial charge in [-0.3, -0.25) is 0 Å². The van der Waals surface area contributed by atoms with Crippen molar-refractivity contribution in [2.24, 2.45) is 0 Å². The molecule has 1 aromatic carbocycles. The highest BCUT2D eigenvalue weighted by molar-refractivity contribution is 7.09. The Morgan fingerprint density at radius 1 is 1.32 bits per heavy atom. The van der Waals surface area contributed by atoms with Gasteiger partial charge in [0.2, 0.25) is 0 Å². The molecule has 0 aliphatic carbocycles. The number of nitrogen functional groups attached to an aromatic ring is 1. The van der Waals surface area contributed by atoms with Crippen LogP contribution in [0.25, 0.3) is 0 Å². The fraction of sp³-hybridized carbons (Fsp3) is 0.400. The van der Waals surface area contributed by atoms with Crippen molar-refractivity contribution in [1.82, 2.24) is 4.98 Å². The number of hydrogen-bond donors (Lipinski definition) is 1. The number of anilines is 1. The van der Waals surface area contributed by atoms with Crippen LogP contribution in [-0.2, 0) is 6.61 Å². The maximum atomic E-state index is 5.97. The molecule has 0 saturated carbocycles. The van der Waals surface area contributed by atoms with Crippen molar-refractivity contribution in [3.63, 3.8) is 0 Å². The first-order valence-corrected chi connectivity index (χ1v) is 7.29. The third kappa shape index (κ3) is 3.26. The summed E-state index contributed by atoms with van der Waals surface area (Å²) in [6.07, 6.45) is 0. The third-order valence-electron chi connectivity index (χ3n) is 3.06. The molecular weight excluding hydrogens is 256 g/mol. The van der Waals surface area contributed by atoms with E-state index in [0.717, 1.165) is 33.3 Å². The molecule has 0 atom stereocenters. The number of aryl methyl sites for hydroxylation is 2. The molecule has 3 nitrogen and oxygen atoms in total. The van der Waals surface area contributed by atoms with Gasteiger partial charge in [-0.1, -0.05) is 13.8 Å². The second-order valence-corrected chi connectivity index (χ2v) is 6.11. The number of nitrogens with zero attached hydrogens (tertiary/aromatic N) is 1. The number of rotatable bonds is 4. The molecule has 0 saturated heterocycles. The van der Waals surface area contributed by atoms with Crippen LogP contribution in [0.1, 0.15) is 41.6 Å². The normalized spacial score (nSPS) is 11.0. The van der Waals surface area contributed by atoms with Gasteiger partial charge in [0.1, 0.15) is 12.4 Å². The number of hydrogen-bond acceptors (Lipinski definition) is 4. The summed E-state index contributed by atoms with van der Waals surface area (Å²) in [6.45, 7) is 8.79. The van der Waals surface area contributed by atoms with Crippen molar-refractivity contribution >= 4 is 17.0 Å². The zero-order valence-electron chi connectivity index (χ0n) is 11.9. The largest absolute Gasteiger partial charge is 0.487 e. The Morgan fingerprint density at radius 3 is 2.63 bits per heavy atom. The Bertz CT molecular complexity index is 576. The highest BCUT2D eigenvalue weighted by Crippen LogP contribution is 2.31. The van der Waals surface area contributed by atoms with Crippen LogP contribution >= 0.6 is 11.3 Å². The van der Waals surface area contributed by atoms with Gasteiger partial charge in [0, 0.05) is 11.1 Å². The van der Waals surface area contributed by atoms with Crippen LogP contribution in [0.5, 0.6) is 5.75 Å². The van der Waals surface area contributed by atoms with Crippen LogP contribution in [0.15, 0.2) is 17.5 Å². The summed E-state index contributed by atoms with van der Waals surface area (Å²) < 4.78 is 5.92. The van der Waals surface area contributed by atoms with Gasteiger partial charge < -0.3 is 10.5 Å². The maximum absolute atomic E-state index is 5.97. The van der Waals surface area contributed by atoms with E-state index in [-0.39, 0.29) is 0 Å². The lowest BCUT2D eigenvalue weighted by Crippen LogP contribution is -2.02. The van der Waals surface area contributed by atoms with E-state index in [9.17, 15) is 0 Å². The fourth-order valence-corrected chi connectivity index (χ4v) is 2.52. The van der Waals surface area contributed by atoms with E-state index in [1.165, 1.54) is 0 Å². The fourth-order valence-electron chi connectivity index (χ4n) is 1.92. The second kappa shape index (κ2) is 5.61. The van der Waals surface area contributed by atoms with Gasteiger partial charge in [0.05, 0.1) is 10.7 Å². The predicted octanol–water partition coefficient (Wildman–Crippen LogP) is 4.04. The summed E-state index contributed by atoms with van der Waals surface area (Å²) in [5.41, 5.74) is 9.97. The molecule has 102 valence electrons. The Kier molecular flexibility index (Phi) is 4.10. The molecule has 2 rings (SSSR count). The lowest BCUT2D eigenvalue weighted by molar-refractivity contribution is 0.297. The lowest BCUT2D eigenvalue weighted by atomic mass is 9.99. The van der Waals surface area contributed by atoms with Crippen molar-refractivity contribution in [2.75, 3.05) is 5.73 Å². The topological polar surface area (TPSA) is 48.1 Å². The van der Waals surface area contributed by atoms with Crippen molar-refractivity contribution in [3.05, 3.63) is 39.3 Å². The molecule has 0 amide bonds. The average Bonchev–Trinajstić information content (AvgIpc) is 2.76. The smallest absolute Gasteiger partial charge is 0.131 e. The molecule has 1 aromatic heterocycles. The van der Waals surface area contributed by atoms with E-state index in [4.69, 9.17) is 10.5 Å². The Labute approximate surface area is 118 Å². The predicted molar refractivity (Wildman–Crippen MR) is 80.9 cm³/mol. The lowest BCUT2D eigenvalue weighted by Gasteiger charge is -2.16. The molecule has 2 N–H and O–H groups in total. The first kappa shape index (κ1) is 13.9. The Balaban J connectivity index is 2.21. The number of aromatic nitrogens is 1. The summed E-state index contributed by atoms with van der Waals surface area (Å²) in [6, 6.07) is 4.03. The molecule has 1 heterocycles. The maximum Gasteiger partial charge on any atom is 0.131 e. The SMILES string of the molecule is Cc1nc(COc2cc(C)c(N)cc2C(C)C)cs1. The van der Waals surface area contributed by atoms with Crippen LogP contribution in [0.2, 0.25) is 0 Å². The van der Waals surface area contributed by atoms with Gasteiger partial charge in [-0.05, 0) is 43.0 Å². The van der Waals surface area contributed by atoms with E-state index in [1.807, 2.05) is 31.4 Å². The van der Waals surface area contributed by atoms with Gasteiger partial charge >= 0.3 is 0 Å². The number of thiazole rings is 1. The van der Waals surface area contributed by atoms with Crippen molar-refractivity contribution in [2.45, 2.75) is 40.2 Å². The molecule has 19 heavy (non-hydrogen) atoms. The summed E-state index contributed by atoms with van der Waals surface area (Å²) in [7, 11) is 0. The zero-order valence-corrected chi connectivity index (χ0v) is 12.7. The van der Waals surface area contributed by atoms with Crippen LogP contribution in [-0.4, -0.2) is 4.98 Å². The molecule has 0 aliphatic heterocycles. The molecule has 0 bridgehead atoms. The molecule has 0 spiro atoms. The number of ether oxygens (including phenoxy) is 1. The number of nitrogens with two attached hydrogens (primary N) is 1. The van der Waals surface area contributed by atoms with E-state index < -0.39 is 0 Å². The molecule has 0 fully saturated rings. The summed E-state index contributed by atoms with van der Waals surface area (Å²) in [4.78, 5) is 4.41. The van der Waals surface area contributed by atoms with Gasteiger partial charge in [0.15, 0.2) is 0 Å². The first-order valence-electron chi connectivity index (χ1n) is 6.41. The quantitative estimate of drug-likeness (QED) is 0.857. The third-order valence-corrected chi connectivity index (χ3v) is 3.88. The van der Waals surface area contributed by atoms with Crippen molar-refractivity contribution in [1.29, 1.82) is 0 Å². The Hall–Kier alpha value is -1.55. The van der Waals surface area contributed by atoms with E-state index >= 15 is 0 Å². The van der Waals surface area contributed by atoms with E-state index in [1.54, 1.807) is 11.3 Å². The Morgan fingerprint density at radius 2 is 2.05 bits per heavy atom. The zero-order chi connectivity index (χ0) is 14.0. The van der Waals surface area contributed by atoms with Gasteiger partial charge in [-0.2, -0.15) is 0 Å². The van der Waals surface area contributed by atoms with Gasteiger partial charge in [-0.15, -0.1) is 11.3 Å². The monoisotopic (exact) mass is 276 g/mol.